The van der Waals surface area contributed by atoms with Gasteiger partial charge >= 0.3 is 6.03 Å². The van der Waals surface area contributed by atoms with E-state index in [2.05, 4.69) is 10.6 Å². The van der Waals surface area contributed by atoms with E-state index >= 15 is 0 Å². The Hall–Kier alpha value is -2.14. The van der Waals surface area contributed by atoms with Crippen LogP contribution in [0.1, 0.15) is 18.5 Å². The van der Waals surface area contributed by atoms with E-state index in [1.165, 1.54) is 0 Å². The molecule has 0 spiro atoms. The van der Waals surface area contributed by atoms with Crippen molar-refractivity contribution in [1.29, 1.82) is 0 Å². The lowest BCUT2D eigenvalue weighted by atomic mass is 10.1. The van der Waals surface area contributed by atoms with Crippen molar-refractivity contribution >= 4 is 23.3 Å². The molecular weight excluding hydrogens is 298 g/mol. The lowest BCUT2D eigenvalue weighted by molar-refractivity contribution is 0.249. The molecule has 2 N–H and O–H groups in total. The van der Waals surface area contributed by atoms with Crippen LogP contribution in [0.3, 0.4) is 0 Å². The molecule has 0 fully saturated rings. The number of anilines is 1. The largest absolute Gasteiger partial charge is 0.331 e. The Kier molecular flexibility index (Phi) is 4.75. The second kappa shape index (κ2) is 6.54. The number of rotatable bonds is 3. The second-order valence-electron chi connectivity index (χ2n) is 4.47. The summed E-state index contributed by atoms with van der Waals surface area (Å²) in [6, 6.07) is 8.87. The van der Waals surface area contributed by atoms with Crippen LogP contribution in [-0.2, 0) is 0 Å². The van der Waals surface area contributed by atoms with E-state index in [0.717, 1.165) is 23.8 Å². The number of amides is 2. The zero-order chi connectivity index (χ0) is 15.4. The molecule has 0 saturated heterocycles. The van der Waals surface area contributed by atoms with E-state index in [1.807, 2.05) is 0 Å². The summed E-state index contributed by atoms with van der Waals surface area (Å²) < 4.78 is 26.4. The smallest absolute Gasteiger partial charge is 0.319 e. The van der Waals surface area contributed by atoms with Crippen LogP contribution in [0.5, 0.6) is 0 Å². The van der Waals surface area contributed by atoms with E-state index in [1.54, 1.807) is 31.2 Å². The molecule has 21 heavy (non-hydrogen) atoms. The zero-order valence-electron chi connectivity index (χ0n) is 11.2. The molecule has 2 rings (SSSR count). The van der Waals surface area contributed by atoms with Crippen LogP contribution in [0.2, 0.25) is 5.02 Å². The van der Waals surface area contributed by atoms with Gasteiger partial charge in [-0.2, -0.15) is 0 Å². The number of urea groups is 1. The Morgan fingerprint density at radius 2 is 1.90 bits per heavy atom. The number of hydrogen-bond acceptors (Lipinski definition) is 1. The maximum absolute atomic E-state index is 13.4. The Morgan fingerprint density at radius 1 is 1.19 bits per heavy atom. The Balaban J connectivity index is 2.05. The quantitative estimate of drug-likeness (QED) is 0.861. The van der Waals surface area contributed by atoms with E-state index in [4.69, 9.17) is 11.6 Å². The monoisotopic (exact) mass is 310 g/mol. The molecule has 0 radical (unpaired) electrons. The van der Waals surface area contributed by atoms with Crippen molar-refractivity contribution < 1.29 is 13.6 Å². The molecule has 3 nitrogen and oxygen atoms in total. The Labute approximate surface area is 125 Å². The SMILES string of the molecule is C[C@H](NC(=O)Nc1cc(F)ccc1F)c1ccccc1Cl. The summed E-state index contributed by atoms with van der Waals surface area (Å²) in [5.41, 5.74) is 0.507. The summed E-state index contributed by atoms with van der Waals surface area (Å²) in [4.78, 5) is 11.8. The molecule has 0 heterocycles. The fourth-order valence-electron chi connectivity index (χ4n) is 1.85. The van der Waals surface area contributed by atoms with Gasteiger partial charge in [-0.15, -0.1) is 0 Å². The maximum atomic E-state index is 13.4. The maximum Gasteiger partial charge on any atom is 0.319 e. The van der Waals surface area contributed by atoms with Gasteiger partial charge < -0.3 is 10.6 Å². The first-order valence-electron chi connectivity index (χ1n) is 6.24. The van der Waals surface area contributed by atoms with Gasteiger partial charge in [0.25, 0.3) is 0 Å². The molecule has 1 atom stereocenters. The average molecular weight is 311 g/mol. The molecule has 0 aliphatic carbocycles. The van der Waals surface area contributed by atoms with Crippen molar-refractivity contribution in [3.05, 3.63) is 64.7 Å². The number of halogens is 3. The molecule has 2 aromatic carbocycles. The number of benzene rings is 2. The molecule has 0 aliphatic heterocycles. The first-order chi connectivity index (χ1) is 9.97. The van der Waals surface area contributed by atoms with Crippen LogP contribution in [0.25, 0.3) is 0 Å². The summed E-state index contributed by atoms with van der Waals surface area (Å²) in [6.45, 7) is 1.74. The van der Waals surface area contributed by atoms with Crippen LogP contribution < -0.4 is 10.6 Å². The fourth-order valence-corrected chi connectivity index (χ4v) is 2.15. The third-order valence-electron chi connectivity index (χ3n) is 2.90. The van der Waals surface area contributed by atoms with Gasteiger partial charge in [-0.3, -0.25) is 0 Å². The molecule has 110 valence electrons. The van der Waals surface area contributed by atoms with Crippen LogP contribution in [0.4, 0.5) is 19.3 Å². The van der Waals surface area contributed by atoms with E-state index < -0.39 is 17.7 Å². The predicted molar refractivity (Wildman–Crippen MR) is 78.4 cm³/mol. The lowest BCUT2D eigenvalue weighted by Crippen LogP contribution is -2.31. The van der Waals surface area contributed by atoms with E-state index in [9.17, 15) is 13.6 Å². The minimum absolute atomic E-state index is 0.223. The van der Waals surface area contributed by atoms with Gasteiger partial charge in [0.15, 0.2) is 0 Å². The summed E-state index contributed by atoms with van der Waals surface area (Å²) in [6.07, 6.45) is 0. The van der Waals surface area contributed by atoms with Crippen molar-refractivity contribution in [2.45, 2.75) is 13.0 Å². The molecule has 2 amide bonds. The second-order valence-corrected chi connectivity index (χ2v) is 4.87. The highest BCUT2D eigenvalue weighted by molar-refractivity contribution is 6.31. The number of carbonyl (C=O) groups excluding carboxylic acids is 1. The van der Waals surface area contributed by atoms with Crippen LogP contribution in [0.15, 0.2) is 42.5 Å². The van der Waals surface area contributed by atoms with Crippen LogP contribution in [0, 0.1) is 11.6 Å². The molecule has 2 aromatic rings. The first kappa shape index (κ1) is 15.3. The molecule has 0 unspecified atom stereocenters. The highest BCUT2D eigenvalue weighted by atomic mass is 35.5. The topological polar surface area (TPSA) is 41.1 Å². The predicted octanol–water partition coefficient (Wildman–Crippen LogP) is 4.50. The van der Waals surface area contributed by atoms with Gasteiger partial charge in [-0.1, -0.05) is 29.8 Å². The number of hydrogen-bond donors (Lipinski definition) is 2. The number of nitrogens with one attached hydrogen (secondary N) is 2. The summed E-state index contributed by atoms with van der Waals surface area (Å²) in [5, 5.41) is 5.39. The van der Waals surface area contributed by atoms with Crippen molar-refractivity contribution in [2.24, 2.45) is 0 Å². The third kappa shape index (κ3) is 3.92. The van der Waals surface area contributed by atoms with Gasteiger partial charge in [-0.05, 0) is 30.7 Å². The standard InChI is InChI=1S/C15H13ClF2N2O/c1-9(11-4-2-3-5-12(11)16)19-15(21)20-14-8-10(17)6-7-13(14)18/h2-9H,1H3,(H2,19,20,21)/t9-/m0/s1. The van der Waals surface area contributed by atoms with Gasteiger partial charge in [0.05, 0.1) is 11.7 Å². The molecule has 0 bridgehead atoms. The normalized spacial score (nSPS) is 11.8. The summed E-state index contributed by atoms with van der Waals surface area (Å²) in [7, 11) is 0. The molecule has 0 aliphatic rings. The van der Waals surface area contributed by atoms with Crippen molar-refractivity contribution in [3.8, 4) is 0 Å². The summed E-state index contributed by atoms with van der Waals surface area (Å²) in [5.74, 6) is -1.34. The van der Waals surface area contributed by atoms with E-state index in [-0.39, 0.29) is 11.7 Å². The fraction of sp³-hybridized carbons (Fsp3) is 0.133. The van der Waals surface area contributed by atoms with Gasteiger partial charge in [0.1, 0.15) is 11.6 Å². The molecule has 6 heteroatoms. The minimum Gasteiger partial charge on any atom is -0.331 e. The highest BCUT2D eigenvalue weighted by Crippen LogP contribution is 2.22. The van der Waals surface area contributed by atoms with Crippen LogP contribution in [-0.4, -0.2) is 6.03 Å². The van der Waals surface area contributed by atoms with Crippen LogP contribution >= 0.6 is 11.6 Å². The van der Waals surface area contributed by atoms with Crippen molar-refractivity contribution in [3.63, 3.8) is 0 Å². The van der Waals surface area contributed by atoms with Crippen molar-refractivity contribution in [2.75, 3.05) is 5.32 Å². The van der Waals surface area contributed by atoms with Gasteiger partial charge in [-0.25, -0.2) is 13.6 Å². The van der Waals surface area contributed by atoms with E-state index in [0.29, 0.717) is 5.02 Å². The van der Waals surface area contributed by atoms with Gasteiger partial charge in [0, 0.05) is 11.1 Å². The summed E-state index contributed by atoms with van der Waals surface area (Å²) >= 11 is 6.03. The molecule has 0 saturated carbocycles. The average Bonchev–Trinajstić information content (AvgIpc) is 2.43. The zero-order valence-corrected chi connectivity index (χ0v) is 11.9. The minimum atomic E-state index is -0.711. The lowest BCUT2D eigenvalue weighted by Gasteiger charge is -2.16. The first-order valence-corrected chi connectivity index (χ1v) is 6.62. The number of carbonyl (C=O) groups is 1. The Bertz CT molecular complexity index is 664. The highest BCUT2D eigenvalue weighted by Gasteiger charge is 2.13. The van der Waals surface area contributed by atoms with Gasteiger partial charge in [0.2, 0.25) is 0 Å². The Morgan fingerprint density at radius 3 is 2.62 bits per heavy atom. The van der Waals surface area contributed by atoms with Crippen molar-refractivity contribution in [1.82, 2.24) is 5.32 Å². The molecular formula is C15H13ClF2N2O. The third-order valence-corrected chi connectivity index (χ3v) is 3.24. The molecule has 0 aromatic heterocycles.